The zero-order valence-corrected chi connectivity index (χ0v) is 13.5. The van der Waals surface area contributed by atoms with Crippen molar-refractivity contribution in [2.45, 2.75) is 12.8 Å². The molecule has 5 heteroatoms. The summed E-state index contributed by atoms with van der Waals surface area (Å²) in [7, 11) is 0. The van der Waals surface area contributed by atoms with Crippen LogP contribution in [0.4, 0.5) is 5.69 Å². The van der Waals surface area contributed by atoms with Crippen LogP contribution in [0.15, 0.2) is 39.5 Å². The first-order valence-corrected chi connectivity index (χ1v) is 8.18. The van der Waals surface area contributed by atoms with E-state index >= 15 is 0 Å². The summed E-state index contributed by atoms with van der Waals surface area (Å²) in [6.45, 7) is 0. The van der Waals surface area contributed by atoms with Gasteiger partial charge in [0, 0.05) is 17.7 Å². The molecule has 106 valence electrons. The molecule has 0 unspecified atom stereocenters. The SMILES string of the molecule is O=C1CCc2cc(C(=O)/C=C\c3csc(Br)c3)ccc2N1. The summed E-state index contributed by atoms with van der Waals surface area (Å²) < 4.78 is 1.04. The van der Waals surface area contributed by atoms with Crippen LogP contribution < -0.4 is 5.32 Å². The highest BCUT2D eigenvalue weighted by atomic mass is 79.9. The highest BCUT2D eigenvalue weighted by Crippen LogP contribution is 2.24. The lowest BCUT2D eigenvalue weighted by Crippen LogP contribution is -2.19. The third kappa shape index (κ3) is 3.31. The van der Waals surface area contributed by atoms with Crippen molar-refractivity contribution in [2.24, 2.45) is 0 Å². The van der Waals surface area contributed by atoms with Crippen LogP contribution in [0.1, 0.15) is 27.9 Å². The number of nitrogens with one attached hydrogen (secondary N) is 1. The van der Waals surface area contributed by atoms with E-state index in [-0.39, 0.29) is 11.7 Å². The number of hydrogen-bond donors (Lipinski definition) is 1. The van der Waals surface area contributed by atoms with Gasteiger partial charge in [-0.1, -0.05) is 6.08 Å². The van der Waals surface area contributed by atoms with E-state index in [2.05, 4.69) is 21.2 Å². The summed E-state index contributed by atoms with van der Waals surface area (Å²) in [5, 5.41) is 4.80. The van der Waals surface area contributed by atoms with E-state index in [0.717, 1.165) is 20.6 Å². The molecule has 0 fully saturated rings. The fraction of sp³-hybridized carbons (Fsp3) is 0.125. The van der Waals surface area contributed by atoms with Gasteiger partial charge in [-0.2, -0.15) is 0 Å². The molecule has 2 heterocycles. The zero-order valence-electron chi connectivity index (χ0n) is 11.1. The smallest absolute Gasteiger partial charge is 0.224 e. The third-order valence-corrected chi connectivity index (χ3v) is 4.82. The Labute approximate surface area is 134 Å². The Morgan fingerprint density at radius 2 is 2.14 bits per heavy atom. The van der Waals surface area contributed by atoms with E-state index in [1.165, 1.54) is 0 Å². The monoisotopic (exact) mass is 361 g/mol. The van der Waals surface area contributed by atoms with Crippen molar-refractivity contribution in [2.75, 3.05) is 5.32 Å². The quantitative estimate of drug-likeness (QED) is 0.654. The minimum atomic E-state index is -0.0305. The van der Waals surface area contributed by atoms with Gasteiger partial charge in [-0.15, -0.1) is 11.3 Å². The van der Waals surface area contributed by atoms with E-state index in [1.54, 1.807) is 29.5 Å². The number of halogens is 1. The maximum Gasteiger partial charge on any atom is 0.224 e. The number of ketones is 1. The first-order chi connectivity index (χ1) is 10.1. The Morgan fingerprint density at radius 3 is 2.90 bits per heavy atom. The number of carbonyl (C=O) groups excluding carboxylic acids is 2. The summed E-state index contributed by atoms with van der Waals surface area (Å²) in [6, 6.07) is 7.39. The number of thiophene rings is 1. The van der Waals surface area contributed by atoms with Gasteiger partial charge in [-0.3, -0.25) is 9.59 Å². The first-order valence-electron chi connectivity index (χ1n) is 6.51. The van der Waals surface area contributed by atoms with Crippen molar-refractivity contribution in [1.29, 1.82) is 0 Å². The maximum absolute atomic E-state index is 12.2. The lowest BCUT2D eigenvalue weighted by Gasteiger charge is -2.16. The Balaban J connectivity index is 1.79. The Hall–Kier alpha value is -1.72. The molecule has 1 amide bonds. The molecule has 1 aromatic carbocycles. The van der Waals surface area contributed by atoms with Crippen molar-refractivity contribution >= 4 is 50.7 Å². The molecular weight excluding hydrogens is 350 g/mol. The minimum Gasteiger partial charge on any atom is -0.326 e. The number of aryl methyl sites for hydroxylation is 1. The number of hydrogen-bond acceptors (Lipinski definition) is 3. The number of rotatable bonds is 3. The Morgan fingerprint density at radius 1 is 1.29 bits per heavy atom. The normalized spacial score (nSPS) is 14.0. The highest BCUT2D eigenvalue weighted by Gasteiger charge is 2.15. The van der Waals surface area contributed by atoms with E-state index in [9.17, 15) is 9.59 Å². The van der Waals surface area contributed by atoms with Crippen molar-refractivity contribution in [3.05, 3.63) is 56.2 Å². The van der Waals surface area contributed by atoms with E-state index in [4.69, 9.17) is 0 Å². The second kappa shape index (κ2) is 5.95. The van der Waals surface area contributed by atoms with Crippen LogP contribution >= 0.6 is 27.3 Å². The van der Waals surface area contributed by atoms with Crippen molar-refractivity contribution in [1.82, 2.24) is 0 Å². The highest BCUT2D eigenvalue weighted by molar-refractivity contribution is 9.11. The van der Waals surface area contributed by atoms with Gasteiger partial charge < -0.3 is 5.32 Å². The molecule has 21 heavy (non-hydrogen) atoms. The molecule has 1 aliphatic rings. The molecule has 1 aliphatic heterocycles. The predicted molar refractivity (Wildman–Crippen MR) is 88.8 cm³/mol. The number of fused-ring (bicyclic) bond motifs is 1. The maximum atomic E-state index is 12.2. The Kier molecular flexibility index (Phi) is 4.03. The van der Waals surface area contributed by atoms with E-state index < -0.39 is 0 Å². The van der Waals surface area contributed by atoms with E-state index in [1.807, 2.05) is 23.6 Å². The van der Waals surface area contributed by atoms with Crippen LogP contribution in [0.25, 0.3) is 6.08 Å². The fourth-order valence-corrected chi connectivity index (χ4v) is 3.36. The largest absolute Gasteiger partial charge is 0.326 e. The molecule has 0 bridgehead atoms. The molecule has 0 aliphatic carbocycles. The fourth-order valence-electron chi connectivity index (χ4n) is 2.22. The minimum absolute atomic E-state index is 0.0305. The molecule has 0 saturated heterocycles. The van der Waals surface area contributed by atoms with Gasteiger partial charge >= 0.3 is 0 Å². The first kappa shape index (κ1) is 14.2. The number of benzene rings is 1. The van der Waals surface area contributed by atoms with Crippen molar-refractivity contribution in [3.63, 3.8) is 0 Å². The van der Waals surface area contributed by atoms with Gasteiger partial charge in [0.05, 0.1) is 3.79 Å². The summed E-state index contributed by atoms with van der Waals surface area (Å²) in [6.07, 6.45) is 4.55. The van der Waals surface area contributed by atoms with Gasteiger partial charge in [0.25, 0.3) is 0 Å². The van der Waals surface area contributed by atoms with Crippen LogP contribution in [0.3, 0.4) is 0 Å². The van der Waals surface area contributed by atoms with Gasteiger partial charge in [0.1, 0.15) is 0 Å². The van der Waals surface area contributed by atoms with Crippen LogP contribution in [-0.4, -0.2) is 11.7 Å². The average Bonchev–Trinajstić information content (AvgIpc) is 2.90. The molecule has 1 N–H and O–H groups in total. The number of amides is 1. The van der Waals surface area contributed by atoms with Gasteiger partial charge in [0.2, 0.25) is 5.91 Å². The Bertz CT molecular complexity index is 748. The second-order valence-electron chi connectivity index (χ2n) is 4.80. The summed E-state index contributed by atoms with van der Waals surface area (Å²) in [5.41, 5.74) is 3.49. The summed E-state index contributed by atoms with van der Waals surface area (Å²) >= 11 is 4.98. The third-order valence-electron chi connectivity index (χ3n) is 3.30. The second-order valence-corrected chi connectivity index (χ2v) is 7.09. The summed E-state index contributed by atoms with van der Waals surface area (Å²) in [4.78, 5) is 23.5. The van der Waals surface area contributed by atoms with Crippen LogP contribution in [0, 0.1) is 0 Å². The van der Waals surface area contributed by atoms with Gasteiger partial charge in [-0.25, -0.2) is 0 Å². The summed E-state index contributed by atoms with van der Waals surface area (Å²) in [5.74, 6) is 0.00142. The molecular formula is C16H12BrNO2S. The molecule has 0 saturated carbocycles. The van der Waals surface area contributed by atoms with Crippen LogP contribution in [0.5, 0.6) is 0 Å². The van der Waals surface area contributed by atoms with Crippen molar-refractivity contribution < 1.29 is 9.59 Å². The molecule has 3 rings (SSSR count). The molecule has 1 aromatic heterocycles. The zero-order chi connectivity index (χ0) is 14.8. The number of carbonyl (C=O) groups is 2. The van der Waals surface area contributed by atoms with Gasteiger partial charge in [-0.05, 0) is 69.2 Å². The lowest BCUT2D eigenvalue weighted by atomic mass is 9.98. The topological polar surface area (TPSA) is 46.2 Å². The lowest BCUT2D eigenvalue weighted by molar-refractivity contribution is -0.116. The number of anilines is 1. The van der Waals surface area contributed by atoms with Crippen molar-refractivity contribution in [3.8, 4) is 0 Å². The van der Waals surface area contributed by atoms with Gasteiger partial charge in [0.15, 0.2) is 5.78 Å². The molecule has 0 atom stereocenters. The van der Waals surface area contributed by atoms with E-state index in [0.29, 0.717) is 18.4 Å². The molecule has 2 aromatic rings. The molecule has 3 nitrogen and oxygen atoms in total. The average molecular weight is 362 g/mol. The van der Waals surface area contributed by atoms with Crippen LogP contribution in [-0.2, 0) is 11.2 Å². The standard InChI is InChI=1S/C16H12BrNO2S/c17-15-7-10(9-21-15)1-5-14(19)12-2-4-13-11(8-12)3-6-16(20)18-13/h1-2,4-5,7-9H,3,6H2,(H,18,20)/b5-1-. The molecule has 0 radical (unpaired) electrons. The number of allylic oxidation sites excluding steroid dienone is 1. The predicted octanol–water partition coefficient (Wildman–Crippen LogP) is 4.29. The molecule has 0 spiro atoms. The van der Waals surface area contributed by atoms with Crippen LogP contribution in [0.2, 0.25) is 0 Å².